The van der Waals surface area contributed by atoms with E-state index in [4.69, 9.17) is 4.42 Å². The topological polar surface area (TPSA) is 16.4 Å². The van der Waals surface area contributed by atoms with Crippen molar-refractivity contribution in [2.24, 2.45) is 0 Å². The lowest BCUT2D eigenvalue weighted by atomic mass is 10.1. The third-order valence-electron chi connectivity index (χ3n) is 4.56. The van der Waals surface area contributed by atoms with Crippen molar-refractivity contribution < 1.29 is 4.42 Å². The van der Waals surface area contributed by atoms with Crippen LogP contribution in [0.15, 0.2) is 93.8 Å². The molecule has 5 rings (SSSR count). The molecular formula is C24H14BrNO. The summed E-state index contributed by atoms with van der Waals surface area (Å²) in [5, 5.41) is 2.13. The van der Waals surface area contributed by atoms with Gasteiger partial charge in [-0.05, 0) is 60.7 Å². The minimum atomic E-state index is 0.726. The van der Waals surface area contributed by atoms with Crippen molar-refractivity contribution in [3.05, 3.63) is 102 Å². The van der Waals surface area contributed by atoms with Gasteiger partial charge in [-0.15, -0.1) is 0 Å². The molecule has 2 nitrogen and oxygen atoms in total. The van der Waals surface area contributed by atoms with Crippen LogP contribution in [0.1, 0.15) is 0 Å². The Morgan fingerprint density at radius 2 is 1.41 bits per heavy atom. The first-order valence-corrected chi connectivity index (χ1v) is 9.45. The highest BCUT2D eigenvalue weighted by Gasteiger charge is 2.14. The van der Waals surface area contributed by atoms with E-state index < -0.39 is 0 Å². The van der Waals surface area contributed by atoms with Crippen LogP contribution in [0.4, 0.5) is 17.1 Å². The van der Waals surface area contributed by atoms with Crippen molar-refractivity contribution in [1.82, 2.24) is 0 Å². The van der Waals surface area contributed by atoms with E-state index >= 15 is 0 Å². The molecule has 128 valence electrons. The molecule has 1 aromatic heterocycles. The molecule has 4 aromatic carbocycles. The zero-order valence-electron chi connectivity index (χ0n) is 14.3. The maximum Gasteiger partial charge on any atom is 0.185 e. The maximum atomic E-state index is 5.90. The smallest absolute Gasteiger partial charge is 0.185 e. The average molecular weight is 412 g/mol. The molecule has 5 aromatic rings. The fourth-order valence-corrected chi connectivity index (χ4v) is 3.57. The van der Waals surface area contributed by atoms with E-state index in [1.165, 1.54) is 0 Å². The van der Waals surface area contributed by atoms with Crippen LogP contribution in [0.25, 0.3) is 21.9 Å². The highest BCUT2D eigenvalue weighted by molar-refractivity contribution is 9.10. The Morgan fingerprint density at radius 1 is 0.704 bits per heavy atom. The van der Waals surface area contributed by atoms with E-state index in [0.29, 0.717) is 0 Å². The number of benzene rings is 3. The predicted octanol–water partition coefficient (Wildman–Crippen LogP) is 7.42. The average Bonchev–Trinajstić information content (AvgIpc) is 3.09. The lowest BCUT2D eigenvalue weighted by Crippen LogP contribution is -2.09. The third-order valence-corrected chi connectivity index (χ3v) is 5.09. The zero-order chi connectivity index (χ0) is 18.2. The Bertz CT molecular complexity index is 1230. The summed E-state index contributed by atoms with van der Waals surface area (Å²) in [6, 6.07) is 35.2. The van der Waals surface area contributed by atoms with Crippen molar-refractivity contribution >= 4 is 54.9 Å². The van der Waals surface area contributed by atoms with Crippen molar-refractivity contribution in [3.8, 4) is 0 Å². The van der Waals surface area contributed by atoms with Gasteiger partial charge in [-0.1, -0.05) is 52.3 Å². The standard InChI is InChI=1S/C24H14BrNO/c25-17-10-12-19(13-11-17)26(18-6-2-1-3-7-18)20-14-15-24-22(16-20)21-8-4-5-9-23(21)27-24/h1-13,16H. The lowest BCUT2D eigenvalue weighted by molar-refractivity contribution is 0.669. The first-order valence-electron chi connectivity index (χ1n) is 8.65. The van der Waals surface area contributed by atoms with Crippen LogP contribution in [0.3, 0.4) is 0 Å². The number of anilines is 3. The summed E-state index contributed by atoms with van der Waals surface area (Å²) in [6.07, 6.45) is 0. The van der Waals surface area contributed by atoms with Gasteiger partial charge in [0, 0.05) is 26.6 Å². The van der Waals surface area contributed by atoms with Gasteiger partial charge in [0.15, 0.2) is 5.58 Å². The molecule has 0 saturated heterocycles. The van der Waals surface area contributed by atoms with Crippen molar-refractivity contribution in [2.45, 2.75) is 0 Å². The molecule has 0 atom stereocenters. The largest absolute Gasteiger partial charge is 0.447 e. The van der Waals surface area contributed by atoms with Crippen LogP contribution in [0, 0.1) is 12.1 Å². The summed E-state index contributed by atoms with van der Waals surface area (Å²) in [5.74, 6) is 0. The van der Waals surface area contributed by atoms with Gasteiger partial charge in [0.25, 0.3) is 0 Å². The molecule has 3 heteroatoms. The number of fused-ring (bicyclic) bond motifs is 3. The Balaban J connectivity index is 1.73. The van der Waals surface area contributed by atoms with Gasteiger partial charge in [-0.25, -0.2) is 0 Å². The minimum Gasteiger partial charge on any atom is -0.447 e. The molecule has 0 spiro atoms. The lowest BCUT2D eigenvalue weighted by Gasteiger charge is -2.24. The fourth-order valence-electron chi connectivity index (χ4n) is 3.31. The molecule has 0 aliphatic rings. The number of hydrogen-bond donors (Lipinski definition) is 0. The van der Waals surface area contributed by atoms with Crippen LogP contribution in [-0.4, -0.2) is 0 Å². The number of rotatable bonds is 3. The minimum absolute atomic E-state index is 0.726. The highest BCUT2D eigenvalue weighted by atomic mass is 79.9. The van der Waals surface area contributed by atoms with Gasteiger partial charge in [-0.3, -0.25) is 0 Å². The van der Waals surface area contributed by atoms with Crippen LogP contribution < -0.4 is 4.90 Å². The quantitative estimate of drug-likeness (QED) is 0.307. The second-order valence-electron chi connectivity index (χ2n) is 6.27. The Kier molecular flexibility index (Phi) is 3.85. The normalized spacial score (nSPS) is 10.9. The van der Waals surface area contributed by atoms with Crippen LogP contribution >= 0.6 is 15.9 Å². The molecule has 0 radical (unpaired) electrons. The van der Waals surface area contributed by atoms with Crippen LogP contribution in [0.5, 0.6) is 0 Å². The number of halogens is 1. The van der Waals surface area contributed by atoms with Gasteiger partial charge in [0.1, 0.15) is 5.58 Å². The Hall–Kier alpha value is -3.22. The summed E-state index contributed by atoms with van der Waals surface area (Å²) >= 11 is 3.52. The van der Waals surface area contributed by atoms with Crippen molar-refractivity contribution in [1.29, 1.82) is 0 Å². The first-order chi connectivity index (χ1) is 13.3. The molecule has 0 N–H and O–H groups in total. The maximum absolute atomic E-state index is 5.90. The van der Waals surface area contributed by atoms with Crippen molar-refractivity contribution in [3.63, 3.8) is 0 Å². The van der Waals surface area contributed by atoms with E-state index in [2.05, 4.69) is 69.4 Å². The van der Waals surface area contributed by atoms with Gasteiger partial charge >= 0.3 is 0 Å². The number of hydrogen-bond acceptors (Lipinski definition) is 2. The fraction of sp³-hybridized carbons (Fsp3) is 0. The monoisotopic (exact) mass is 411 g/mol. The van der Waals surface area contributed by atoms with E-state index in [0.717, 1.165) is 43.5 Å². The zero-order valence-corrected chi connectivity index (χ0v) is 15.9. The molecule has 0 unspecified atom stereocenters. The number of nitrogens with zero attached hydrogens (tertiary/aromatic N) is 1. The molecule has 0 saturated carbocycles. The summed E-state index contributed by atoms with van der Waals surface area (Å²) in [7, 11) is 0. The number of furan rings is 1. The molecule has 0 fully saturated rings. The van der Waals surface area contributed by atoms with Crippen molar-refractivity contribution in [2.75, 3.05) is 4.90 Å². The first kappa shape index (κ1) is 16.0. The van der Waals surface area contributed by atoms with Gasteiger partial charge in [0.05, 0.1) is 5.69 Å². The van der Waals surface area contributed by atoms with Gasteiger partial charge < -0.3 is 9.32 Å². The second-order valence-corrected chi connectivity index (χ2v) is 7.18. The van der Waals surface area contributed by atoms with Crippen LogP contribution in [0.2, 0.25) is 0 Å². The Morgan fingerprint density at radius 3 is 2.22 bits per heavy atom. The Labute approximate surface area is 165 Å². The SMILES string of the molecule is Brc1ccc(N(c2c#cc3oc4ccccc4c3c2)c2ccccc2)cc1. The number of para-hydroxylation sites is 2. The summed E-state index contributed by atoms with van der Waals surface area (Å²) in [5.41, 5.74) is 4.63. The molecule has 0 aliphatic heterocycles. The molecule has 27 heavy (non-hydrogen) atoms. The van der Waals surface area contributed by atoms with E-state index in [-0.39, 0.29) is 0 Å². The summed E-state index contributed by atoms with van der Waals surface area (Å²) < 4.78 is 6.95. The second kappa shape index (κ2) is 6.50. The summed E-state index contributed by atoms with van der Waals surface area (Å²) in [4.78, 5) is 2.17. The molecular weight excluding hydrogens is 398 g/mol. The molecule has 0 aliphatic carbocycles. The third kappa shape index (κ3) is 2.85. The molecule has 0 amide bonds. The molecule has 1 heterocycles. The highest BCUT2D eigenvalue weighted by Crippen LogP contribution is 2.37. The van der Waals surface area contributed by atoms with Gasteiger partial charge in [-0.2, -0.15) is 0 Å². The van der Waals surface area contributed by atoms with Crippen LogP contribution in [-0.2, 0) is 0 Å². The van der Waals surface area contributed by atoms with E-state index in [9.17, 15) is 0 Å². The predicted molar refractivity (Wildman–Crippen MR) is 114 cm³/mol. The molecule has 0 bridgehead atoms. The van der Waals surface area contributed by atoms with E-state index in [1.807, 2.05) is 48.5 Å². The van der Waals surface area contributed by atoms with E-state index in [1.54, 1.807) is 0 Å². The summed E-state index contributed by atoms with van der Waals surface area (Å²) in [6.45, 7) is 0. The van der Waals surface area contributed by atoms with Gasteiger partial charge in [0.2, 0.25) is 0 Å².